The summed E-state index contributed by atoms with van der Waals surface area (Å²) in [6.07, 6.45) is 0. The summed E-state index contributed by atoms with van der Waals surface area (Å²) in [5.74, 6) is 0.574. The van der Waals surface area contributed by atoms with Gasteiger partial charge in [0.2, 0.25) is 11.0 Å². The van der Waals surface area contributed by atoms with E-state index in [1.54, 1.807) is 0 Å². The molecule has 1 amide bonds. The highest BCUT2D eigenvalue weighted by Gasteiger charge is 2.23. The van der Waals surface area contributed by atoms with Crippen molar-refractivity contribution in [1.82, 2.24) is 15.1 Å². The van der Waals surface area contributed by atoms with Crippen LogP contribution in [-0.2, 0) is 11.3 Å². The highest BCUT2D eigenvalue weighted by atomic mass is 32.2. The number of hydrogen-bond donors (Lipinski definition) is 2. The van der Waals surface area contributed by atoms with E-state index >= 15 is 0 Å². The van der Waals surface area contributed by atoms with Gasteiger partial charge in [0, 0.05) is 5.56 Å². The highest BCUT2D eigenvalue weighted by Crippen LogP contribution is 2.23. The zero-order chi connectivity index (χ0) is 16.1. The van der Waals surface area contributed by atoms with Gasteiger partial charge in [0.1, 0.15) is 6.54 Å². The Hall–Kier alpha value is -1.64. The van der Waals surface area contributed by atoms with Gasteiger partial charge in [-0.15, -0.1) is 10.2 Å². The van der Waals surface area contributed by atoms with Crippen molar-refractivity contribution in [3.05, 3.63) is 35.9 Å². The van der Waals surface area contributed by atoms with Gasteiger partial charge in [-0.1, -0.05) is 53.4 Å². The van der Waals surface area contributed by atoms with Crippen LogP contribution in [0, 0.1) is 0 Å². The van der Waals surface area contributed by atoms with Crippen molar-refractivity contribution in [3.63, 3.8) is 0 Å². The lowest BCUT2D eigenvalue weighted by Gasteiger charge is -2.32. The summed E-state index contributed by atoms with van der Waals surface area (Å²) in [4.78, 5) is 15.7. The second kappa shape index (κ2) is 7.76. The Balaban J connectivity index is 1.42. The Kier molecular flexibility index (Phi) is 5.47. The molecule has 2 heterocycles. The maximum atomic E-state index is 12.3. The summed E-state index contributed by atoms with van der Waals surface area (Å²) in [6.45, 7) is 4.66. The Morgan fingerprint density at radius 3 is 2.65 bits per heavy atom. The number of carbonyl (C=O) groups excluding carboxylic acids is 1. The van der Waals surface area contributed by atoms with Crippen LogP contribution >= 0.6 is 23.1 Å². The third-order valence-corrected chi connectivity index (χ3v) is 5.73. The lowest BCUT2D eigenvalue weighted by atomic mass is 10.2. The fourth-order valence-corrected chi connectivity index (χ4v) is 4.17. The number of quaternary nitrogens is 1. The number of anilines is 1. The van der Waals surface area contributed by atoms with Crippen LogP contribution in [0.3, 0.4) is 0 Å². The molecule has 1 aliphatic heterocycles. The van der Waals surface area contributed by atoms with Gasteiger partial charge in [0.15, 0.2) is 4.34 Å². The summed E-state index contributed by atoms with van der Waals surface area (Å²) >= 11 is 2.74. The van der Waals surface area contributed by atoms with E-state index in [9.17, 15) is 4.79 Å². The number of amides is 1. The van der Waals surface area contributed by atoms with Gasteiger partial charge in [-0.25, -0.2) is 0 Å². The number of carbonyl (C=O) groups is 1. The molecule has 0 radical (unpaired) electrons. The number of rotatable bonds is 5. The molecule has 23 heavy (non-hydrogen) atoms. The molecule has 3 rings (SSSR count). The predicted octanol–water partition coefficient (Wildman–Crippen LogP) is 0.140. The first-order valence-electron chi connectivity index (χ1n) is 7.58. The smallest absolute Gasteiger partial charge is 0.233 e. The largest absolute Gasteiger partial charge is 0.374 e. The third-order valence-electron chi connectivity index (χ3n) is 3.86. The standard InChI is InChI=1S/C15H19N5OS2/c16-14-17-18-15(23-14)22-11-13(21)20-8-6-19(7-9-20)10-12-4-2-1-3-5-12/h1-5H,6-11H2,(H2,16,17)/p+1. The zero-order valence-electron chi connectivity index (χ0n) is 12.8. The molecule has 3 N–H and O–H groups in total. The minimum Gasteiger partial charge on any atom is -0.374 e. The van der Waals surface area contributed by atoms with Crippen LogP contribution in [-0.4, -0.2) is 52.9 Å². The molecule has 0 aliphatic carbocycles. The highest BCUT2D eigenvalue weighted by molar-refractivity contribution is 8.01. The topological polar surface area (TPSA) is 76.5 Å². The average Bonchev–Trinajstić information content (AvgIpc) is 3.00. The first-order valence-corrected chi connectivity index (χ1v) is 9.38. The number of hydrogen-bond acceptors (Lipinski definition) is 6. The summed E-state index contributed by atoms with van der Waals surface area (Å²) in [5, 5.41) is 8.12. The quantitative estimate of drug-likeness (QED) is 0.750. The Morgan fingerprint density at radius 1 is 1.26 bits per heavy atom. The summed E-state index contributed by atoms with van der Waals surface area (Å²) < 4.78 is 0.754. The second-order valence-corrected chi connectivity index (χ2v) is 7.72. The van der Waals surface area contributed by atoms with Gasteiger partial charge in [0.05, 0.1) is 31.9 Å². The molecule has 1 fully saturated rings. The van der Waals surface area contributed by atoms with Crippen molar-refractivity contribution in [3.8, 4) is 0 Å². The van der Waals surface area contributed by atoms with Crippen molar-refractivity contribution < 1.29 is 9.69 Å². The number of nitrogens with two attached hydrogens (primary N) is 1. The van der Waals surface area contributed by atoms with Crippen molar-refractivity contribution in [1.29, 1.82) is 0 Å². The molecule has 8 heteroatoms. The van der Waals surface area contributed by atoms with E-state index in [1.165, 1.54) is 33.6 Å². The normalized spacial score (nSPS) is 15.7. The molecule has 122 valence electrons. The number of benzene rings is 1. The van der Waals surface area contributed by atoms with E-state index in [1.807, 2.05) is 11.0 Å². The maximum absolute atomic E-state index is 12.3. The first-order chi connectivity index (χ1) is 11.2. The fourth-order valence-electron chi connectivity index (χ4n) is 2.63. The molecular formula is C15H20N5OS2+. The van der Waals surface area contributed by atoms with E-state index in [-0.39, 0.29) is 5.91 Å². The predicted molar refractivity (Wildman–Crippen MR) is 92.5 cm³/mol. The minimum absolute atomic E-state index is 0.169. The van der Waals surface area contributed by atoms with E-state index in [0.717, 1.165) is 37.1 Å². The van der Waals surface area contributed by atoms with Crippen molar-refractivity contribution >= 4 is 34.1 Å². The van der Waals surface area contributed by atoms with Crippen LogP contribution < -0.4 is 10.6 Å². The molecule has 0 atom stereocenters. The molecule has 1 aromatic carbocycles. The number of thioether (sulfide) groups is 1. The Bertz CT molecular complexity index is 640. The fraction of sp³-hybridized carbons (Fsp3) is 0.400. The lowest BCUT2D eigenvalue weighted by Crippen LogP contribution is -3.13. The zero-order valence-corrected chi connectivity index (χ0v) is 14.4. The van der Waals surface area contributed by atoms with Crippen LogP contribution in [0.5, 0.6) is 0 Å². The molecule has 1 aromatic heterocycles. The van der Waals surface area contributed by atoms with E-state index in [2.05, 4.69) is 34.5 Å². The lowest BCUT2D eigenvalue weighted by molar-refractivity contribution is -0.917. The second-order valence-electron chi connectivity index (χ2n) is 5.49. The molecule has 0 spiro atoms. The van der Waals surface area contributed by atoms with Crippen LogP contribution in [0.15, 0.2) is 34.7 Å². The van der Waals surface area contributed by atoms with Crippen molar-refractivity contribution in [2.45, 2.75) is 10.9 Å². The van der Waals surface area contributed by atoms with Gasteiger partial charge in [-0.05, 0) is 0 Å². The molecule has 0 bridgehead atoms. The molecule has 1 aliphatic rings. The average molecular weight is 350 g/mol. The van der Waals surface area contributed by atoms with E-state index < -0.39 is 0 Å². The van der Waals surface area contributed by atoms with Gasteiger partial charge in [-0.2, -0.15) is 0 Å². The monoisotopic (exact) mass is 350 g/mol. The van der Waals surface area contributed by atoms with Gasteiger partial charge in [0.25, 0.3) is 0 Å². The Labute approximate surface area is 143 Å². The summed E-state index contributed by atoms with van der Waals surface area (Å²) in [7, 11) is 0. The van der Waals surface area contributed by atoms with Crippen LogP contribution in [0.25, 0.3) is 0 Å². The Morgan fingerprint density at radius 2 is 2.00 bits per heavy atom. The van der Waals surface area contributed by atoms with E-state index in [0.29, 0.717) is 10.9 Å². The summed E-state index contributed by atoms with van der Waals surface area (Å²) in [6, 6.07) is 10.5. The van der Waals surface area contributed by atoms with Gasteiger partial charge in [-0.3, -0.25) is 4.79 Å². The van der Waals surface area contributed by atoms with Crippen LogP contribution in [0.2, 0.25) is 0 Å². The molecule has 0 saturated carbocycles. The summed E-state index contributed by atoms with van der Waals surface area (Å²) in [5.41, 5.74) is 6.89. The molecule has 1 saturated heterocycles. The van der Waals surface area contributed by atoms with Crippen LogP contribution in [0.1, 0.15) is 5.56 Å². The molecular weight excluding hydrogens is 330 g/mol. The number of piperazine rings is 1. The minimum atomic E-state index is 0.169. The molecule has 6 nitrogen and oxygen atoms in total. The number of aromatic nitrogens is 2. The van der Waals surface area contributed by atoms with Crippen LogP contribution in [0.4, 0.5) is 5.13 Å². The SMILES string of the molecule is Nc1nnc(SCC(=O)N2CC[NH+](Cc3ccccc3)CC2)s1. The van der Waals surface area contributed by atoms with Gasteiger partial charge >= 0.3 is 0 Å². The first kappa shape index (κ1) is 16.2. The van der Waals surface area contributed by atoms with Crippen molar-refractivity contribution in [2.75, 3.05) is 37.7 Å². The number of nitrogen functional groups attached to an aromatic ring is 1. The van der Waals surface area contributed by atoms with E-state index in [4.69, 9.17) is 5.73 Å². The third kappa shape index (κ3) is 4.66. The maximum Gasteiger partial charge on any atom is 0.233 e. The number of nitrogens with one attached hydrogen (secondary N) is 1. The van der Waals surface area contributed by atoms with Crippen molar-refractivity contribution in [2.24, 2.45) is 0 Å². The molecule has 2 aromatic rings. The number of nitrogens with zero attached hydrogens (tertiary/aromatic N) is 3. The van der Waals surface area contributed by atoms with Gasteiger partial charge < -0.3 is 15.5 Å². The molecule has 0 unspecified atom stereocenters.